The summed E-state index contributed by atoms with van der Waals surface area (Å²) in [5.41, 5.74) is 0.985. The standard InChI is InChI=1S/C21H37N3O/c1-7-9-11-12-17(3)24(19(25)16-21(4,5)6)20-22-15-14-18(23-20)13-10-8-2/h14-15,17H,7-13,16H2,1-6H3. The molecule has 4 heteroatoms. The van der Waals surface area contributed by atoms with Gasteiger partial charge in [-0.15, -0.1) is 0 Å². The van der Waals surface area contributed by atoms with Gasteiger partial charge >= 0.3 is 0 Å². The van der Waals surface area contributed by atoms with Gasteiger partial charge in [0.05, 0.1) is 0 Å². The SMILES string of the molecule is CCCCCC(C)N(C(=O)CC(C)(C)C)c1nccc(CCCC)n1. The Hall–Kier alpha value is -1.45. The Balaban J connectivity index is 3.02. The fraction of sp³-hybridized carbons (Fsp3) is 0.762. The number of hydrogen-bond donors (Lipinski definition) is 0. The lowest BCUT2D eigenvalue weighted by Gasteiger charge is -2.30. The predicted octanol–water partition coefficient (Wildman–Crippen LogP) is 5.56. The molecule has 1 rings (SSSR count). The van der Waals surface area contributed by atoms with Crippen molar-refractivity contribution in [3.63, 3.8) is 0 Å². The van der Waals surface area contributed by atoms with E-state index in [0.717, 1.165) is 37.8 Å². The second kappa shape index (κ2) is 10.5. The van der Waals surface area contributed by atoms with E-state index < -0.39 is 0 Å². The third-order valence-electron chi connectivity index (χ3n) is 4.32. The van der Waals surface area contributed by atoms with Crippen LogP contribution in [0.1, 0.15) is 92.2 Å². The molecule has 1 heterocycles. The molecule has 1 aromatic heterocycles. The summed E-state index contributed by atoms with van der Waals surface area (Å²) < 4.78 is 0. The maximum atomic E-state index is 13.0. The number of carbonyl (C=O) groups excluding carboxylic acids is 1. The molecule has 0 fully saturated rings. The van der Waals surface area contributed by atoms with Crippen LogP contribution in [0.25, 0.3) is 0 Å². The number of nitrogens with zero attached hydrogens (tertiary/aromatic N) is 3. The fourth-order valence-corrected chi connectivity index (χ4v) is 2.91. The molecular formula is C21H37N3O. The van der Waals surface area contributed by atoms with E-state index in [-0.39, 0.29) is 17.4 Å². The molecule has 25 heavy (non-hydrogen) atoms. The molecule has 142 valence electrons. The van der Waals surface area contributed by atoms with Crippen LogP contribution in [0.3, 0.4) is 0 Å². The van der Waals surface area contributed by atoms with Crippen molar-refractivity contribution in [2.45, 2.75) is 99.0 Å². The molecular weight excluding hydrogens is 310 g/mol. The van der Waals surface area contributed by atoms with Crippen LogP contribution in [0, 0.1) is 5.41 Å². The Morgan fingerprint density at radius 1 is 1.16 bits per heavy atom. The molecule has 0 spiro atoms. The van der Waals surface area contributed by atoms with Crippen molar-refractivity contribution >= 4 is 11.9 Å². The van der Waals surface area contributed by atoms with Gasteiger partial charge in [0.1, 0.15) is 0 Å². The molecule has 1 unspecified atom stereocenters. The Kier molecular flexibility index (Phi) is 9.09. The molecule has 1 amide bonds. The monoisotopic (exact) mass is 347 g/mol. The van der Waals surface area contributed by atoms with E-state index in [4.69, 9.17) is 4.98 Å². The minimum absolute atomic E-state index is 0.0434. The number of aromatic nitrogens is 2. The van der Waals surface area contributed by atoms with Crippen LogP contribution in [-0.4, -0.2) is 21.9 Å². The van der Waals surface area contributed by atoms with Crippen LogP contribution in [0.4, 0.5) is 5.95 Å². The zero-order valence-corrected chi connectivity index (χ0v) is 17.1. The average Bonchev–Trinajstić information content (AvgIpc) is 2.52. The quantitative estimate of drug-likeness (QED) is 0.521. The highest BCUT2D eigenvalue weighted by Gasteiger charge is 2.27. The van der Waals surface area contributed by atoms with Crippen molar-refractivity contribution in [1.82, 2.24) is 9.97 Å². The van der Waals surface area contributed by atoms with Crippen LogP contribution in [0.5, 0.6) is 0 Å². The van der Waals surface area contributed by atoms with Crippen molar-refractivity contribution in [2.24, 2.45) is 5.41 Å². The first kappa shape index (κ1) is 21.6. The largest absolute Gasteiger partial charge is 0.278 e. The number of carbonyl (C=O) groups is 1. The van der Waals surface area contributed by atoms with Gasteiger partial charge in [-0.3, -0.25) is 9.69 Å². The minimum Gasteiger partial charge on any atom is -0.278 e. The van der Waals surface area contributed by atoms with Crippen LogP contribution in [0.2, 0.25) is 0 Å². The molecule has 4 nitrogen and oxygen atoms in total. The third-order valence-corrected chi connectivity index (χ3v) is 4.32. The Morgan fingerprint density at radius 3 is 2.44 bits per heavy atom. The van der Waals surface area contributed by atoms with E-state index in [1.165, 1.54) is 12.8 Å². The van der Waals surface area contributed by atoms with Gasteiger partial charge in [-0.05, 0) is 37.7 Å². The molecule has 0 aliphatic rings. The van der Waals surface area contributed by atoms with Gasteiger partial charge in [-0.25, -0.2) is 9.97 Å². The second-order valence-electron chi connectivity index (χ2n) is 8.30. The van der Waals surface area contributed by atoms with Crippen molar-refractivity contribution in [3.8, 4) is 0 Å². The van der Waals surface area contributed by atoms with Gasteiger partial charge in [0.25, 0.3) is 0 Å². The summed E-state index contributed by atoms with van der Waals surface area (Å²) in [5, 5.41) is 0. The number of amides is 1. The second-order valence-corrected chi connectivity index (χ2v) is 8.30. The number of anilines is 1. The van der Waals surface area contributed by atoms with E-state index in [9.17, 15) is 4.79 Å². The number of aryl methyl sites for hydroxylation is 1. The maximum absolute atomic E-state index is 13.0. The summed E-state index contributed by atoms with van der Waals surface area (Å²) in [6, 6.07) is 2.09. The smallest absolute Gasteiger partial charge is 0.232 e. The summed E-state index contributed by atoms with van der Waals surface area (Å²) >= 11 is 0. The lowest BCUT2D eigenvalue weighted by molar-refractivity contribution is -0.120. The molecule has 0 saturated carbocycles. The summed E-state index contributed by atoms with van der Waals surface area (Å²) in [4.78, 5) is 24.0. The van der Waals surface area contributed by atoms with E-state index in [1.54, 1.807) is 6.20 Å². The van der Waals surface area contributed by atoms with Crippen molar-refractivity contribution < 1.29 is 4.79 Å². The van der Waals surface area contributed by atoms with Crippen molar-refractivity contribution in [1.29, 1.82) is 0 Å². The maximum Gasteiger partial charge on any atom is 0.232 e. The highest BCUT2D eigenvalue weighted by atomic mass is 16.2. The summed E-state index contributed by atoms with van der Waals surface area (Å²) in [6.07, 6.45) is 10.00. The van der Waals surface area contributed by atoms with E-state index in [2.05, 4.69) is 46.5 Å². The molecule has 0 radical (unpaired) electrons. The molecule has 0 bridgehead atoms. The van der Waals surface area contributed by atoms with E-state index in [0.29, 0.717) is 12.4 Å². The molecule has 0 aromatic carbocycles. The van der Waals surface area contributed by atoms with Crippen molar-refractivity contribution in [3.05, 3.63) is 18.0 Å². The first-order chi connectivity index (χ1) is 11.8. The molecule has 1 aromatic rings. The van der Waals surface area contributed by atoms with Gasteiger partial charge in [-0.1, -0.05) is 60.3 Å². The fourth-order valence-electron chi connectivity index (χ4n) is 2.91. The van der Waals surface area contributed by atoms with Gasteiger partial charge in [0.15, 0.2) is 0 Å². The Labute approximate surface area is 154 Å². The van der Waals surface area contributed by atoms with Crippen LogP contribution in [-0.2, 0) is 11.2 Å². The van der Waals surface area contributed by atoms with E-state index >= 15 is 0 Å². The zero-order chi connectivity index (χ0) is 18.9. The first-order valence-corrected chi connectivity index (χ1v) is 9.92. The van der Waals surface area contributed by atoms with Crippen molar-refractivity contribution in [2.75, 3.05) is 4.90 Å². The summed E-state index contributed by atoms with van der Waals surface area (Å²) in [6.45, 7) is 12.8. The van der Waals surface area contributed by atoms with Gasteiger partial charge < -0.3 is 0 Å². The lowest BCUT2D eigenvalue weighted by Crippen LogP contribution is -2.41. The number of rotatable bonds is 10. The number of hydrogen-bond acceptors (Lipinski definition) is 3. The molecule has 0 aliphatic heterocycles. The highest BCUT2D eigenvalue weighted by molar-refractivity contribution is 5.92. The Morgan fingerprint density at radius 2 is 1.84 bits per heavy atom. The molecule has 0 saturated heterocycles. The first-order valence-electron chi connectivity index (χ1n) is 9.92. The van der Waals surface area contributed by atoms with Crippen LogP contribution in [0.15, 0.2) is 12.3 Å². The molecule has 1 atom stereocenters. The van der Waals surface area contributed by atoms with Gasteiger partial charge in [0.2, 0.25) is 11.9 Å². The molecule has 0 N–H and O–H groups in total. The Bertz CT molecular complexity index is 522. The topological polar surface area (TPSA) is 46.1 Å². The van der Waals surface area contributed by atoms with Gasteiger partial charge in [-0.2, -0.15) is 0 Å². The average molecular weight is 348 g/mol. The normalized spacial score (nSPS) is 12.9. The van der Waals surface area contributed by atoms with Gasteiger partial charge in [0, 0.05) is 24.4 Å². The van der Waals surface area contributed by atoms with Crippen LogP contribution < -0.4 is 4.90 Å². The minimum atomic E-state index is -0.0434. The lowest BCUT2D eigenvalue weighted by atomic mass is 9.91. The molecule has 0 aliphatic carbocycles. The van der Waals surface area contributed by atoms with E-state index in [1.807, 2.05) is 11.0 Å². The highest BCUT2D eigenvalue weighted by Crippen LogP contribution is 2.24. The summed E-state index contributed by atoms with van der Waals surface area (Å²) in [7, 11) is 0. The zero-order valence-electron chi connectivity index (χ0n) is 17.1. The third kappa shape index (κ3) is 7.98. The predicted molar refractivity (Wildman–Crippen MR) is 106 cm³/mol. The number of unbranched alkanes of at least 4 members (excludes halogenated alkanes) is 3. The summed E-state index contributed by atoms with van der Waals surface area (Å²) in [5.74, 6) is 0.705. The van der Waals surface area contributed by atoms with Crippen LogP contribution >= 0.6 is 0 Å².